The van der Waals surface area contributed by atoms with E-state index in [4.69, 9.17) is 5.11 Å². The number of H-pyrrole nitrogens is 1. The van der Waals surface area contributed by atoms with E-state index >= 15 is 0 Å². The Morgan fingerprint density at radius 1 is 1.26 bits per heavy atom. The minimum atomic E-state index is -0.0130. The molecule has 0 saturated carbocycles. The number of aryl methyl sites for hydroxylation is 1. The summed E-state index contributed by atoms with van der Waals surface area (Å²) >= 11 is 0. The number of β-amino-alcohol motifs (C(OH)–C–C–N with tert-alkyl or cyclic N) is 1. The Hall–Kier alpha value is -2.18. The van der Waals surface area contributed by atoms with E-state index in [1.807, 2.05) is 42.2 Å². The molecule has 1 aromatic carbocycles. The molecule has 6 heteroatoms. The number of aromatic amines is 1. The van der Waals surface area contributed by atoms with E-state index in [1.165, 1.54) is 0 Å². The van der Waals surface area contributed by atoms with Crippen molar-refractivity contribution >= 4 is 5.91 Å². The van der Waals surface area contributed by atoms with Gasteiger partial charge in [0.2, 0.25) is 0 Å². The van der Waals surface area contributed by atoms with Crippen LogP contribution in [0, 0.1) is 6.92 Å². The maximum Gasteiger partial charge on any atom is 0.271 e. The first kappa shape index (κ1) is 15.7. The lowest BCUT2D eigenvalue weighted by Gasteiger charge is -2.34. The summed E-state index contributed by atoms with van der Waals surface area (Å²) in [5, 5.41) is 16.1. The van der Waals surface area contributed by atoms with E-state index in [-0.39, 0.29) is 12.5 Å². The Labute approximate surface area is 135 Å². The van der Waals surface area contributed by atoms with Crippen molar-refractivity contribution in [2.75, 3.05) is 39.3 Å². The molecule has 1 aliphatic heterocycles. The first-order valence-corrected chi connectivity index (χ1v) is 7.93. The Bertz CT molecular complexity index is 675. The van der Waals surface area contributed by atoms with Crippen LogP contribution in [0.25, 0.3) is 11.3 Å². The van der Waals surface area contributed by atoms with Gasteiger partial charge in [0.25, 0.3) is 5.91 Å². The topological polar surface area (TPSA) is 72.5 Å². The number of hydrogen-bond donors (Lipinski definition) is 2. The SMILES string of the molecule is Cc1ccccc1-c1cc(C(=O)N2CCN(CCO)CC2)[nH]n1. The van der Waals surface area contributed by atoms with Gasteiger partial charge < -0.3 is 10.0 Å². The fourth-order valence-corrected chi connectivity index (χ4v) is 2.92. The standard InChI is InChI=1S/C17H22N4O2/c1-13-4-2-3-5-14(13)15-12-16(19-18-15)17(23)21-8-6-20(7-9-21)10-11-22/h2-5,12,22H,6-11H2,1H3,(H,18,19). The molecule has 0 bridgehead atoms. The van der Waals surface area contributed by atoms with E-state index in [0.29, 0.717) is 25.3 Å². The number of nitrogens with zero attached hydrogens (tertiary/aromatic N) is 3. The number of carbonyl (C=O) groups excluding carboxylic acids is 1. The van der Waals surface area contributed by atoms with Crippen molar-refractivity contribution < 1.29 is 9.90 Å². The summed E-state index contributed by atoms with van der Waals surface area (Å²) in [6, 6.07) is 9.83. The second-order valence-corrected chi connectivity index (χ2v) is 5.84. The molecule has 0 radical (unpaired) electrons. The highest BCUT2D eigenvalue weighted by molar-refractivity contribution is 5.93. The highest BCUT2D eigenvalue weighted by Gasteiger charge is 2.23. The largest absolute Gasteiger partial charge is 0.395 e. The van der Waals surface area contributed by atoms with E-state index in [0.717, 1.165) is 29.9 Å². The van der Waals surface area contributed by atoms with Gasteiger partial charge in [0.15, 0.2) is 0 Å². The van der Waals surface area contributed by atoms with Gasteiger partial charge in [-0.15, -0.1) is 0 Å². The first-order valence-electron chi connectivity index (χ1n) is 7.93. The minimum Gasteiger partial charge on any atom is -0.395 e. The number of nitrogens with one attached hydrogen (secondary N) is 1. The van der Waals surface area contributed by atoms with Crippen molar-refractivity contribution in [3.63, 3.8) is 0 Å². The van der Waals surface area contributed by atoms with Crippen molar-refractivity contribution in [1.29, 1.82) is 0 Å². The maximum atomic E-state index is 12.6. The lowest BCUT2D eigenvalue weighted by Crippen LogP contribution is -2.49. The summed E-state index contributed by atoms with van der Waals surface area (Å²) in [5.74, 6) is -0.0130. The fraction of sp³-hybridized carbons (Fsp3) is 0.412. The number of aliphatic hydroxyl groups is 1. The van der Waals surface area contributed by atoms with Gasteiger partial charge in [-0.3, -0.25) is 14.8 Å². The van der Waals surface area contributed by atoms with Crippen molar-refractivity contribution in [3.05, 3.63) is 41.6 Å². The van der Waals surface area contributed by atoms with Crippen LogP contribution in [0.2, 0.25) is 0 Å². The zero-order chi connectivity index (χ0) is 16.2. The number of aliphatic hydroxyl groups excluding tert-OH is 1. The second kappa shape index (κ2) is 6.93. The number of benzene rings is 1. The van der Waals surface area contributed by atoms with Crippen molar-refractivity contribution in [1.82, 2.24) is 20.0 Å². The summed E-state index contributed by atoms with van der Waals surface area (Å²) in [6.07, 6.45) is 0. The number of hydrogen-bond acceptors (Lipinski definition) is 4. The van der Waals surface area contributed by atoms with Crippen LogP contribution in [-0.4, -0.2) is 70.3 Å². The van der Waals surface area contributed by atoms with Crippen molar-refractivity contribution in [2.45, 2.75) is 6.92 Å². The third-order valence-electron chi connectivity index (χ3n) is 4.31. The molecule has 3 rings (SSSR count). The van der Waals surface area contributed by atoms with Crippen molar-refractivity contribution in [3.8, 4) is 11.3 Å². The molecule has 2 heterocycles. The van der Waals surface area contributed by atoms with Crippen LogP contribution in [0.5, 0.6) is 0 Å². The molecule has 1 aliphatic rings. The zero-order valence-corrected chi connectivity index (χ0v) is 13.3. The van der Waals surface area contributed by atoms with Crippen LogP contribution in [0.4, 0.5) is 0 Å². The Kier molecular flexibility index (Phi) is 4.73. The number of carbonyl (C=O) groups is 1. The fourth-order valence-electron chi connectivity index (χ4n) is 2.92. The van der Waals surface area contributed by atoms with Gasteiger partial charge in [-0.05, 0) is 18.6 Å². The van der Waals surface area contributed by atoms with Crippen LogP contribution < -0.4 is 0 Å². The van der Waals surface area contributed by atoms with Crippen LogP contribution in [0.1, 0.15) is 16.1 Å². The van der Waals surface area contributed by atoms with E-state index in [2.05, 4.69) is 15.1 Å². The smallest absolute Gasteiger partial charge is 0.271 e. The molecule has 1 fully saturated rings. The van der Waals surface area contributed by atoms with Gasteiger partial charge >= 0.3 is 0 Å². The molecule has 1 amide bonds. The van der Waals surface area contributed by atoms with Crippen LogP contribution in [-0.2, 0) is 0 Å². The Morgan fingerprint density at radius 3 is 2.70 bits per heavy atom. The monoisotopic (exact) mass is 314 g/mol. The predicted octanol–water partition coefficient (Wildman–Crippen LogP) is 1.14. The molecular weight excluding hydrogens is 292 g/mol. The van der Waals surface area contributed by atoms with Gasteiger partial charge in [0.05, 0.1) is 12.3 Å². The quantitative estimate of drug-likeness (QED) is 0.887. The van der Waals surface area contributed by atoms with Gasteiger partial charge in [0, 0.05) is 38.3 Å². The van der Waals surface area contributed by atoms with E-state index < -0.39 is 0 Å². The molecule has 6 nitrogen and oxygen atoms in total. The molecule has 0 aliphatic carbocycles. The molecule has 2 N–H and O–H groups in total. The average molecular weight is 314 g/mol. The molecule has 0 spiro atoms. The van der Waals surface area contributed by atoms with Gasteiger partial charge in [0.1, 0.15) is 5.69 Å². The third kappa shape index (κ3) is 3.43. The highest BCUT2D eigenvalue weighted by atomic mass is 16.3. The molecule has 1 aromatic heterocycles. The lowest BCUT2D eigenvalue weighted by molar-refractivity contribution is 0.0609. The van der Waals surface area contributed by atoms with Crippen LogP contribution >= 0.6 is 0 Å². The molecule has 2 aromatic rings. The molecule has 0 unspecified atom stereocenters. The van der Waals surface area contributed by atoms with Gasteiger partial charge in [-0.1, -0.05) is 24.3 Å². The van der Waals surface area contributed by atoms with E-state index in [9.17, 15) is 4.79 Å². The second-order valence-electron chi connectivity index (χ2n) is 5.84. The summed E-state index contributed by atoms with van der Waals surface area (Å²) in [4.78, 5) is 16.6. The lowest BCUT2D eigenvalue weighted by atomic mass is 10.1. The molecule has 23 heavy (non-hydrogen) atoms. The third-order valence-corrected chi connectivity index (χ3v) is 4.31. The number of aromatic nitrogens is 2. The number of piperazine rings is 1. The number of amides is 1. The van der Waals surface area contributed by atoms with Crippen LogP contribution in [0.15, 0.2) is 30.3 Å². The summed E-state index contributed by atoms with van der Waals surface area (Å²) in [6.45, 7) is 5.81. The number of rotatable bonds is 4. The predicted molar refractivity (Wildman–Crippen MR) is 88.2 cm³/mol. The molecule has 1 saturated heterocycles. The zero-order valence-electron chi connectivity index (χ0n) is 13.3. The highest BCUT2D eigenvalue weighted by Crippen LogP contribution is 2.22. The minimum absolute atomic E-state index is 0.0130. The summed E-state index contributed by atoms with van der Waals surface area (Å²) in [7, 11) is 0. The Morgan fingerprint density at radius 2 is 2.00 bits per heavy atom. The molecule has 122 valence electrons. The van der Waals surface area contributed by atoms with Gasteiger partial charge in [-0.25, -0.2) is 0 Å². The maximum absolute atomic E-state index is 12.6. The Balaban J connectivity index is 1.69. The van der Waals surface area contributed by atoms with Crippen LogP contribution in [0.3, 0.4) is 0 Å². The normalized spacial score (nSPS) is 15.8. The van der Waals surface area contributed by atoms with E-state index in [1.54, 1.807) is 0 Å². The molecule has 0 atom stereocenters. The summed E-state index contributed by atoms with van der Waals surface area (Å²) in [5.41, 5.74) is 3.50. The van der Waals surface area contributed by atoms with Gasteiger partial charge in [-0.2, -0.15) is 5.10 Å². The first-order chi connectivity index (χ1) is 11.2. The average Bonchev–Trinajstić information content (AvgIpc) is 3.05. The van der Waals surface area contributed by atoms with Crippen molar-refractivity contribution in [2.24, 2.45) is 0 Å². The molecular formula is C17H22N4O2. The summed E-state index contributed by atoms with van der Waals surface area (Å²) < 4.78 is 0.